The van der Waals surface area contributed by atoms with Gasteiger partial charge in [0.25, 0.3) is 0 Å². The monoisotopic (exact) mass is 417 g/mol. The number of aromatic nitrogens is 1. The normalized spacial score (nSPS) is 20.4. The number of aliphatic hydroxyl groups excluding tert-OH is 1. The molecule has 2 aliphatic rings. The van der Waals surface area contributed by atoms with Crippen molar-refractivity contribution in [2.45, 2.75) is 44.4 Å². The number of hydrogen-bond donors (Lipinski definition) is 1. The molecule has 1 saturated carbocycles. The third-order valence-electron chi connectivity index (χ3n) is 6.12. The van der Waals surface area contributed by atoms with Crippen LogP contribution >= 0.6 is 12.1 Å². The van der Waals surface area contributed by atoms with E-state index in [1.54, 1.807) is 24.3 Å². The zero-order valence-corrected chi connectivity index (χ0v) is 17.0. The van der Waals surface area contributed by atoms with E-state index in [4.69, 9.17) is 0 Å². The van der Waals surface area contributed by atoms with E-state index in [9.17, 15) is 13.9 Å². The lowest BCUT2D eigenvalue weighted by molar-refractivity contribution is 0.136. The number of nitrogens with zero attached hydrogens (tertiary/aromatic N) is 3. The SMILES string of the molecule is OC(CN1CCN(C2CCCC2)S1)Cn1c2ccc(F)cc2c2cc(F)ccc21. The first-order valence-corrected chi connectivity index (χ1v) is 11.1. The molecule has 0 amide bonds. The number of hydrogen-bond acceptors (Lipinski definition) is 4. The third-order valence-corrected chi connectivity index (χ3v) is 7.37. The van der Waals surface area contributed by atoms with Crippen LogP contribution in [0, 0.1) is 11.6 Å². The van der Waals surface area contributed by atoms with Crippen molar-refractivity contribution < 1.29 is 13.9 Å². The molecule has 3 aromatic rings. The summed E-state index contributed by atoms with van der Waals surface area (Å²) in [6.07, 6.45) is 4.62. The average molecular weight is 418 g/mol. The molecule has 1 aromatic heterocycles. The fourth-order valence-corrected chi connectivity index (χ4v) is 5.96. The predicted molar refractivity (Wildman–Crippen MR) is 113 cm³/mol. The van der Waals surface area contributed by atoms with Gasteiger partial charge >= 0.3 is 0 Å². The Morgan fingerprint density at radius 3 is 2.17 bits per heavy atom. The van der Waals surface area contributed by atoms with Crippen LogP contribution in [0.2, 0.25) is 0 Å². The van der Waals surface area contributed by atoms with Crippen LogP contribution in [0.25, 0.3) is 21.8 Å². The van der Waals surface area contributed by atoms with E-state index < -0.39 is 6.10 Å². The summed E-state index contributed by atoms with van der Waals surface area (Å²) in [4.78, 5) is 0. The summed E-state index contributed by atoms with van der Waals surface area (Å²) in [6, 6.07) is 9.80. The van der Waals surface area contributed by atoms with Gasteiger partial charge in [0.1, 0.15) is 11.6 Å². The van der Waals surface area contributed by atoms with Crippen LogP contribution in [-0.2, 0) is 6.54 Å². The lowest BCUT2D eigenvalue weighted by Crippen LogP contribution is -2.29. The second-order valence-electron chi connectivity index (χ2n) is 8.14. The fraction of sp³-hybridized carbons (Fsp3) is 0.455. The van der Waals surface area contributed by atoms with Crippen molar-refractivity contribution >= 4 is 33.9 Å². The third kappa shape index (κ3) is 3.77. The number of rotatable bonds is 5. The fourth-order valence-electron chi connectivity index (χ4n) is 4.75. The van der Waals surface area contributed by atoms with Crippen molar-refractivity contribution in [3.63, 3.8) is 0 Å². The van der Waals surface area contributed by atoms with Gasteiger partial charge in [0.15, 0.2) is 0 Å². The summed E-state index contributed by atoms with van der Waals surface area (Å²) in [5.74, 6) is -0.691. The van der Waals surface area contributed by atoms with Gasteiger partial charge in [-0.15, -0.1) is 0 Å². The molecule has 1 saturated heterocycles. The van der Waals surface area contributed by atoms with Crippen LogP contribution in [0.1, 0.15) is 25.7 Å². The molecule has 2 fully saturated rings. The van der Waals surface area contributed by atoms with E-state index in [0.717, 1.165) is 24.1 Å². The Morgan fingerprint density at radius 2 is 1.55 bits per heavy atom. The zero-order chi connectivity index (χ0) is 20.0. The minimum absolute atomic E-state index is 0.346. The maximum atomic E-state index is 13.8. The molecule has 1 aliphatic heterocycles. The first kappa shape index (κ1) is 19.3. The highest BCUT2D eigenvalue weighted by atomic mass is 32.2. The molecule has 1 atom stereocenters. The van der Waals surface area contributed by atoms with Gasteiger partial charge in [0.2, 0.25) is 0 Å². The van der Waals surface area contributed by atoms with Crippen LogP contribution in [-0.4, -0.2) is 50.1 Å². The van der Waals surface area contributed by atoms with Gasteiger partial charge in [-0.05, 0) is 49.2 Å². The van der Waals surface area contributed by atoms with Crippen molar-refractivity contribution in [3.8, 4) is 0 Å². The Balaban J connectivity index is 1.35. The number of aliphatic hydroxyl groups is 1. The highest BCUT2D eigenvalue weighted by Crippen LogP contribution is 2.34. The molecule has 1 N–H and O–H groups in total. The minimum Gasteiger partial charge on any atom is -0.390 e. The lowest BCUT2D eigenvalue weighted by Gasteiger charge is -2.23. The Morgan fingerprint density at radius 1 is 0.931 bits per heavy atom. The van der Waals surface area contributed by atoms with Crippen molar-refractivity contribution in [3.05, 3.63) is 48.0 Å². The van der Waals surface area contributed by atoms with Crippen molar-refractivity contribution in [1.82, 2.24) is 13.2 Å². The molecule has 154 valence electrons. The summed E-state index contributed by atoms with van der Waals surface area (Å²) in [5, 5.41) is 12.2. The Labute approximate surface area is 173 Å². The Bertz CT molecular complexity index is 974. The van der Waals surface area contributed by atoms with Crippen LogP contribution in [0.5, 0.6) is 0 Å². The summed E-state index contributed by atoms with van der Waals surface area (Å²) >= 11 is 1.76. The van der Waals surface area contributed by atoms with Gasteiger partial charge in [-0.3, -0.25) is 0 Å². The minimum atomic E-state index is -0.570. The van der Waals surface area contributed by atoms with Crippen molar-refractivity contribution in [1.29, 1.82) is 0 Å². The van der Waals surface area contributed by atoms with Gasteiger partial charge in [0.05, 0.1) is 12.6 Å². The zero-order valence-electron chi connectivity index (χ0n) is 16.2. The van der Waals surface area contributed by atoms with Crippen molar-refractivity contribution in [2.24, 2.45) is 0 Å². The smallest absolute Gasteiger partial charge is 0.123 e. The summed E-state index contributed by atoms with van der Waals surface area (Å²) in [7, 11) is 0. The quantitative estimate of drug-likeness (QED) is 0.617. The van der Waals surface area contributed by atoms with E-state index in [1.807, 2.05) is 4.57 Å². The molecule has 7 heteroatoms. The summed E-state index contributed by atoms with van der Waals surface area (Å²) in [5.41, 5.74) is 1.63. The standard InChI is InChI=1S/C22H25F2N3OS/c23-15-5-7-21-19(11-15)20-12-16(24)6-8-22(20)26(21)14-18(28)13-25-9-10-27(29-25)17-3-1-2-4-17/h5-8,11-12,17-18,28H,1-4,9-10,13-14H2. The van der Waals surface area contributed by atoms with Crippen molar-refractivity contribution in [2.75, 3.05) is 19.6 Å². The van der Waals surface area contributed by atoms with E-state index in [0.29, 0.717) is 29.9 Å². The van der Waals surface area contributed by atoms with Crippen LogP contribution in [0.4, 0.5) is 8.78 Å². The molecule has 1 unspecified atom stereocenters. The molecule has 1 aliphatic carbocycles. The molecule has 0 bridgehead atoms. The Hall–Kier alpha value is -1.67. The maximum absolute atomic E-state index is 13.8. The molecular formula is C22H25F2N3OS. The van der Waals surface area contributed by atoms with Gasteiger partial charge in [-0.1, -0.05) is 12.8 Å². The second-order valence-corrected chi connectivity index (χ2v) is 9.28. The summed E-state index contributed by atoms with van der Waals surface area (Å²) in [6.45, 7) is 2.94. The number of β-amino-alcohol motifs (C(OH)–C–C–N with tert-alkyl or cyclic N) is 1. The summed E-state index contributed by atoms with van der Waals surface area (Å²) < 4.78 is 34.3. The highest BCUT2D eigenvalue weighted by Gasteiger charge is 2.30. The van der Waals surface area contributed by atoms with Gasteiger partial charge in [0, 0.05) is 59.6 Å². The average Bonchev–Trinajstić information content (AvgIpc) is 3.42. The first-order chi connectivity index (χ1) is 14.1. The number of benzene rings is 2. The largest absolute Gasteiger partial charge is 0.390 e. The van der Waals surface area contributed by atoms with Gasteiger partial charge in [-0.25, -0.2) is 17.4 Å². The Kier molecular flexibility index (Phi) is 5.24. The molecule has 0 spiro atoms. The van der Waals surface area contributed by atoms with Gasteiger partial charge in [-0.2, -0.15) is 0 Å². The molecule has 4 nitrogen and oxygen atoms in total. The van der Waals surface area contributed by atoms with Gasteiger partial charge < -0.3 is 9.67 Å². The lowest BCUT2D eigenvalue weighted by atomic mass is 10.1. The molecule has 0 radical (unpaired) electrons. The van der Waals surface area contributed by atoms with E-state index in [1.165, 1.54) is 49.9 Å². The molecule has 5 rings (SSSR count). The molecule has 2 heterocycles. The second kappa shape index (κ2) is 7.87. The van der Waals surface area contributed by atoms with Crippen LogP contribution in [0.15, 0.2) is 36.4 Å². The number of halogens is 2. The van der Waals surface area contributed by atoms with E-state index >= 15 is 0 Å². The molecular weight excluding hydrogens is 392 g/mol. The first-order valence-electron chi connectivity index (χ1n) is 10.3. The molecule has 29 heavy (non-hydrogen) atoms. The number of fused-ring (bicyclic) bond motifs is 3. The van der Waals surface area contributed by atoms with E-state index in [2.05, 4.69) is 8.61 Å². The molecule has 2 aromatic carbocycles. The van der Waals surface area contributed by atoms with Crippen LogP contribution in [0.3, 0.4) is 0 Å². The predicted octanol–water partition coefficient (Wildman–Crippen LogP) is 4.56. The highest BCUT2D eigenvalue weighted by molar-refractivity contribution is 7.94. The topological polar surface area (TPSA) is 31.6 Å². The maximum Gasteiger partial charge on any atom is 0.123 e. The van der Waals surface area contributed by atoms with E-state index in [-0.39, 0.29) is 11.6 Å². The van der Waals surface area contributed by atoms with Crippen LogP contribution < -0.4 is 0 Å².